The van der Waals surface area contributed by atoms with Crippen LogP contribution in [-0.2, 0) is 0 Å². The molecule has 1 atom stereocenters. The van der Waals surface area contributed by atoms with E-state index in [1.807, 2.05) is 13.0 Å². The van der Waals surface area contributed by atoms with Gasteiger partial charge >= 0.3 is 0 Å². The maximum absolute atomic E-state index is 13.3. The second kappa shape index (κ2) is 10.8. The Balaban J connectivity index is 1.35. The molecule has 0 spiro atoms. The highest BCUT2D eigenvalue weighted by Crippen LogP contribution is 2.36. The Kier molecular flexibility index (Phi) is 7.38. The average molecular weight is 495 g/mol. The lowest BCUT2D eigenvalue weighted by Gasteiger charge is -2.43. The fourth-order valence-electron chi connectivity index (χ4n) is 5.08. The number of hydrogen-bond donors (Lipinski definition) is 1. The summed E-state index contributed by atoms with van der Waals surface area (Å²) in [4.78, 5) is 16.1. The Morgan fingerprint density at radius 1 is 1.03 bits per heavy atom. The Bertz CT molecular complexity index is 1140. The van der Waals surface area contributed by atoms with E-state index in [9.17, 15) is 4.39 Å². The van der Waals surface area contributed by atoms with Crippen LogP contribution in [0.1, 0.15) is 37.4 Å². The Morgan fingerprint density at radius 3 is 2.47 bits per heavy atom. The summed E-state index contributed by atoms with van der Waals surface area (Å²) in [6.07, 6.45) is 5.95. The molecule has 3 aliphatic heterocycles. The van der Waals surface area contributed by atoms with Crippen molar-refractivity contribution in [1.29, 1.82) is 0 Å². The van der Waals surface area contributed by atoms with Crippen LogP contribution in [0.25, 0.3) is 5.57 Å². The lowest BCUT2D eigenvalue weighted by molar-refractivity contribution is 0.0960. The summed E-state index contributed by atoms with van der Waals surface area (Å²) in [5, 5.41) is 0. The Hall–Kier alpha value is -3.17. The zero-order valence-electron chi connectivity index (χ0n) is 21.1. The summed E-state index contributed by atoms with van der Waals surface area (Å²) in [5.74, 6) is 2.62. The summed E-state index contributed by atoms with van der Waals surface area (Å²) in [5.41, 5.74) is 9.12. The molecule has 2 fully saturated rings. The predicted molar refractivity (Wildman–Crippen MR) is 140 cm³/mol. The highest BCUT2D eigenvalue weighted by atomic mass is 19.1. The van der Waals surface area contributed by atoms with Crippen molar-refractivity contribution in [2.75, 3.05) is 69.7 Å². The standard InChI is InChI=1S/C27H35FN6O2/c1-19(4-5-20(2)28)25-26(29)30-18-31-27(25)34-12-10-33(11-13-34)22(17-32-8-3-9-32)21-6-7-23-24(16-21)36-15-14-35-23/h4-7,16,18,22H,3,8-15,17H2,1-2H3,(H2,29,30,31)/b19-4+,20-5+. The van der Waals surface area contributed by atoms with E-state index in [0.717, 1.165) is 74.3 Å². The number of halogens is 1. The number of hydrogen-bond acceptors (Lipinski definition) is 8. The van der Waals surface area contributed by atoms with Gasteiger partial charge in [-0.1, -0.05) is 12.1 Å². The fourth-order valence-corrected chi connectivity index (χ4v) is 5.08. The van der Waals surface area contributed by atoms with E-state index in [4.69, 9.17) is 15.2 Å². The van der Waals surface area contributed by atoms with E-state index >= 15 is 0 Å². The first kappa shape index (κ1) is 24.5. The van der Waals surface area contributed by atoms with E-state index in [1.54, 1.807) is 6.08 Å². The van der Waals surface area contributed by atoms with Crippen molar-refractivity contribution < 1.29 is 13.9 Å². The van der Waals surface area contributed by atoms with Gasteiger partial charge < -0.3 is 25.0 Å². The molecule has 0 saturated carbocycles. The van der Waals surface area contributed by atoms with E-state index in [-0.39, 0.29) is 11.9 Å². The van der Waals surface area contributed by atoms with Crippen molar-refractivity contribution in [1.82, 2.24) is 19.8 Å². The quantitative estimate of drug-likeness (QED) is 0.584. The number of aromatic nitrogens is 2. The van der Waals surface area contributed by atoms with Gasteiger partial charge in [0.25, 0.3) is 0 Å². The van der Waals surface area contributed by atoms with E-state index in [0.29, 0.717) is 19.0 Å². The van der Waals surface area contributed by atoms with Crippen LogP contribution in [0.4, 0.5) is 16.0 Å². The Labute approximate surface area is 212 Å². The number of nitrogens with zero attached hydrogens (tertiary/aromatic N) is 5. The normalized spacial score (nSPS) is 20.2. The molecule has 0 radical (unpaired) electrons. The minimum Gasteiger partial charge on any atom is -0.486 e. The molecule has 3 aliphatic rings. The highest BCUT2D eigenvalue weighted by molar-refractivity contribution is 5.81. The summed E-state index contributed by atoms with van der Waals surface area (Å²) in [6, 6.07) is 6.66. The van der Waals surface area contributed by atoms with E-state index in [1.165, 1.54) is 31.3 Å². The first-order chi connectivity index (χ1) is 17.5. The van der Waals surface area contributed by atoms with Gasteiger partial charge in [0, 0.05) is 38.8 Å². The molecule has 2 aromatic rings. The molecule has 0 aliphatic carbocycles. The van der Waals surface area contributed by atoms with Gasteiger partial charge in [0.05, 0.1) is 11.4 Å². The van der Waals surface area contributed by atoms with Crippen LogP contribution in [0.5, 0.6) is 11.5 Å². The zero-order chi connectivity index (χ0) is 25.1. The second-order valence-electron chi connectivity index (χ2n) is 9.66. The zero-order valence-corrected chi connectivity index (χ0v) is 21.1. The van der Waals surface area contributed by atoms with Gasteiger partial charge in [-0.25, -0.2) is 14.4 Å². The molecule has 5 rings (SSSR count). The molecule has 2 N–H and O–H groups in total. The number of nitrogens with two attached hydrogens (primary N) is 1. The van der Waals surface area contributed by atoms with Crippen LogP contribution < -0.4 is 20.1 Å². The highest BCUT2D eigenvalue weighted by Gasteiger charge is 2.30. The van der Waals surface area contributed by atoms with E-state index in [2.05, 4.69) is 36.8 Å². The molecule has 4 heterocycles. The molecule has 1 aromatic carbocycles. The molecule has 1 unspecified atom stereocenters. The van der Waals surface area contributed by atoms with Crippen molar-refractivity contribution in [2.24, 2.45) is 0 Å². The fraction of sp³-hybridized carbons (Fsp3) is 0.481. The SMILES string of the molecule is C/C(F)=C\C=C(/C)c1c(N)ncnc1N1CCN(C(CN2CCC2)c2ccc3c(c2)OCCO3)CC1. The second-order valence-corrected chi connectivity index (χ2v) is 9.66. The average Bonchev–Trinajstić information content (AvgIpc) is 2.86. The number of anilines is 2. The molecule has 9 heteroatoms. The molecule has 8 nitrogen and oxygen atoms in total. The van der Waals surface area contributed by atoms with Crippen molar-refractivity contribution in [2.45, 2.75) is 26.3 Å². The molecule has 36 heavy (non-hydrogen) atoms. The number of ether oxygens (including phenoxy) is 2. The lowest BCUT2D eigenvalue weighted by atomic mass is 10.0. The first-order valence-corrected chi connectivity index (χ1v) is 12.7. The molecular formula is C27H35FN6O2. The smallest absolute Gasteiger partial charge is 0.161 e. The summed E-state index contributed by atoms with van der Waals surface area (Å²) < 4.78 is 24.9. The van der Waals surface area contributed by atoms with Gasteiger partial charge in [-0.15, -0.1) is 0 Å². The maximum atomic E-state index is 13.3. The van der Waals surface area contributed by atoms with Gasteiger partial charge in [-0.05, 0) is 62.7 Å². The number of rotatable bonds is 7. The molecule has 1 aromatic heterocycles. The van der Waals surface area contributed by atoms with Crippen molar-refractivity contribution in [3.8, 4) is 11.5 Å². The molecule has 2 saturated heterocycles. The molecule has 0 bridgehead atoms. The predicted octanol–water partition coefficient (Wildman–Crippen LogP) is 3.68. The van der Waals surface area contributed by atoms with Crippen LogP contribution in [-0.4, -0.2) is 78.8 Å². The molecular weight excluding hydrogens is 459 g/mol. The minimum atomic E-state index is -0.257. The number of likely N-dealkylation sites (tertiary alicyclic amines) is 1. The third-order valence-electron chi connectivity index (χ3n) is 7.20. The third-order valence-corrected chi connectivity index (χ3v) is 7.20. The van der Waals surface area contributed by atoms with Crippen molar-refractivity contribution in [3.63, 3.8) is 0 Å². The van der Waals surface area contributed by atoms with E-state index < -0.39 is 0 Å². The van der Waals surface area contributed by atoms with Gasteiger partial charge in [0.2, 0.25) is 0 Å². The van der Waals surface area contributed by atoms with Crippen LogP contribution in [0.15, 0.2) is 42.5 Å². The van der Waals surface area contributed by atoms with Crippen LogP contribution in [0, 0.1) is 0 Å². The monoisotopic (exact) mass is 494 g/mol. The number of benzene rings is 1. The van der Waals surface area contributed by atoms with Crippen LogP contribution >= 0.6 is 0 Å². The Morgan fingerprint density at radius 2 is 1.78 bits per heavy atom. The minimum absolute atomic E-state index is 0.257. The summed E-state index contributed by atoms with van der Waals surface area (Å²) in [6.45, 7) is 11.3. The number of nitrogen functional groups attached to an aromatic ring is 1. The summed E-state index contributed by atoms with van der Waals surface area (Å²) >= 11 is 0. The lowest BCUT2D eigenvalue weighted by Crippen LogP contribution is -2.51. The van der Waals surface area contributed by atoms with Crippen LogP contribution in [0.2, 0.25) is 0 Å². The number of piperazine rings is 1. The number of allylic oxidation sites excluding steroid dienone is 4. The van der Waals surface area contributed by atoms with Crippen LogP contribution in [0.3, 0.4) is 0 Å². The number of fused-ring (bicyclic) bond motifs is 1. The van der Waals surface area contributed by atoms with Gasteiger partial charge in [-0.3, -0.25) is 4.90 Å². The third kappa shape index (κ3) is 5.32. The topological polar surface area (TPSA) is 80.0 Å². The van der Waals surface area contributed by atoms with Gasteiger partial charge in [-0.2, -0.15) is 0 Å². The molecule has 192 valence electrons. The molecule has 0 amide bonds. The van der Waals surface area contributed by atoms with Gasteiger partial charge in [0.1, 0.15) is 31.2 Å². The summed E-state index contributed by atoms with van der Waals surface area (Å²) in [7, 11) is 0. The largest absolute Gasteiger partial charge is 0.486 e. The maximum Gasteiger partial charge on any atom is 0.161 e. The van der Waals surface area contributed by atoms with Crippen molar-refractivity contribution in [3.05, 3.63) is 53.6 Å². The first-order valence-electron chi connectivity index (χ1n) is 12.7. The van der Waals surface area contributed by atoms with Crippen molar-refractivity contribution >= 4 is 17.2 Å². The van der Waals surface area contributed by atoms with Gasteiger partial charge in [0.15, 0.2) is 11.5 Å².